The van der Waals surface area contributed by atoms with Crippen LogP contribution in [0.4, 0.5) is 0 Å². The third kappa shape index (κ3) is 3.35. The second-order valence-electron chi connectivity index (χ2n) is 3.90. The van der Waals surface area contributed by atoms with Crippen LogP contribution in [0.1, 0.15) is 30.6 Å². The Labute approximate surface area is 96.6 Å². The predicted molar refractivity (Wildman–Crippen MR) is 64.8 cm³/mol. The van der Waals surface area contributed by atoms with Crippen molar-refractivity contribution in [3.8, 4) is 5.75 Å². The van der Waals surface area contributed by atoms with Gasteiger partial charge < -0.3 is 10.5 Å². The van der Waals surface area contributed by atoms with Crippen LogP contribution in [0, 0.1) is 5.92 Å². The zero-order chi connectivity index (χ0) is 12.0. The maximum atomic E-state index is 12.0. The summed E-state index contributed by atoms with van der Waals surface area (Å²) in [5, 5.41) is 0. The van der Waals surface area contributed by atoms with Crippen molar-refractivity contribution in [3.05, 3.63) is 29.8 Å². The van der Waals surface area contributed by atoms with E-state index in [2.05, 4.69) is 0 Å². The number of Topliss-reactive ketones (excluding diaryl/α,β-unsaturated/α-hetero) is 1. The van der Waals surface area contributed by atoms with E-state index in [9.17, 15) is 4.79 Å². The highest BCUT2D eigenvalue weighted by molar-refractivity contribution is 5.98. The molecular formula is C13H19NO2. The Morgan fingerprint density at radius 1 is 1.44 bits per heavy atom. The SMILES string of the molecule is CCOc1ccccc1C(=O)CC(C)CN. The second kappa shape index (κ2) is 6.28. The van der Waals surface area contributed by atoms with E-state index in [1.54, 1.807) is 6.07 Å². The largest absolute Gasteiger partial charge is 0.493 e. The lowest BCUT2D eigenvalue weighted by molar-refractivity contribution is 0.0962. The van der Waals surface area contributed by atoms with Gasteiger partial charge in [0.2, 0.25) is 0 Å². The van der Waals surface area contributed by atoms with Crippen LogP contribution in [0.5, 0.6) is 5.75 Å². The van der Waals surface area contributed by atoms with E-state index in [4.69, 9.17) is 10.5 Å². The van der Waals surface area contributed by atoms with Crippen LogP contribution in [-0.2, 0) is 0 Å². The quantitative estimate of drug-likeness (QED) is 0.750. The molecule has 0 aliphatic carbocycles. The van der Waals surface area contributed by atoms with E-state index >= 15 is 0 Å². The third-order valence-electron chi connectivity index (χ3n) is 2.42. The van der Waals surface area contributed by atoms with Crippen molar-refractivity contribution in [2.45, 2.75) is 20.3 Å². The number of hydrogen-bond acceptors (Lipinski definition) is 3. The van der Waals surface area contributed by atoms with Gasteiger partial charge in [0, 0.05) is 6.42 Å². The molecule has 0 bridgehead atoms. The monoisotopic (exact) mass is 221 g/mol. The normalized spacial score (nSPS) is 12.2. The Bertz CT molecular complexity index is 350. The van der Waals surface area contributed by atoms with Crippen molar-refractivity contribution in [2.75, 3.05) is 13.2 Å². The summed E-state index contributed by atoms with van der Waals surface area (Å²) in [4.78, 5) is 12.0. The first kappa shape index (κ1) is 12.7. The Balaban J connectivity index is 2.81. The molecule has 3 nitrogen and oxygen atoms in total. The first-order valence-corrected chi connectivity index (χ1v) is 5.64. The summed E-state index contributed by atoms with van der Waals surface area (Å²) >= 11 is 0. The van der Waals surface area contributed by atoms with Gasteiger partial charge in [-0.1, -0.05) is 19.1 Å². The minimum atomic E-state index is 0.0991. The summed E-state index contributed by atoms with van der Waals surface area (Å²) in [6.45, 7) is 4.98. The molecule has 16 heavy (non-hydrogen) atoms. The fraction of sp³-hybridized carbons (Fsp3) is 0.462. The van der Waals surface area contributed by atoms with Gasteiger partial charge in [-0.05, 0) is 31.5 Å². The van der Waals surface area contributed by atoms with E-state index in [0.29, 0.717) is 30.9 Å². The molecule has 1 rings (SSSR count). The zero-order valence-corrected chi connectivity index (χ0v) is 9.90. The molecular weight excluding hydrogens is 202 g/mol. The van der Waals surface area contributed by atoms with Gasteiger partial charge in [-0.25, -0.2) is 0 Å². The molecule has 1 aromatic rings. The summed E-state index contributed by atoms with van der Waals surface area (Å²) in [5.41, 5.74) is 6.17. The van der Waals surface area contributed by atoms with Crippen LogP contribution < -0.4 is 10.5 Å². The van der Waals surface area contributed by atoms with Crippen molar-refractivity contribution >= 4 is 5.78 Å². The van der Waals surface area contributed by atoms with Gasteiger partial charge in [-0.3, -0.25) is 4.79 Å². The maximum absolute atomic E-state index is 12.0. The molecule has 2 N–H and O–H groups in total. The number of para-hydroxylation sites is 1. The van der Waals surface area contributed by atoms with E-state index in [1.807, 2.05) is 32.0 Å². The van der Waals surface area contributed by atoms with Crippen LogP contribution in [-0.4, -0.2) is 18.9 Å². The molecule has 1 atom stereocenters. The Hall–Kier alpha value is -1.35. The fourth-order valence-electron chi connectivity index (χ4n) is 1.49. The molecule has 0 aliphatic heterocycles. The molecule has 0 aliphatic rings. The number of carbonyl (C=O) groups excluding carboxylic acids is 1. The minimum Gasteiger partial charge on any atom is -0.493 e. The number of ether oxygens (including phenoxy) is 1. The number of nitrogens with two attached hydrogens (primary N) is 1. The average Bonchev–Trinajstić information content (AvgIpc) is 2.30. The topological polar surface area (TPSA) is 52.3 Å². The van der Waals surface area contributed by atoms with Crippen molar-refractivity contribution in [2.24, 2.45) is 11.7 Å². The fourth-order valence-corrected chi connectivity index (χ4v) is 1.49. The highest BCUT2D eigenvalue weighted by Gasteiger charge is 2.14. The van der Waals surface area contributed by atoms with E-state index in [1.165, 1.54) is 0 Å². The molecule has 0 radical (unpaired) electrons. The van der Waals surface area contributed by atoms with Gasteiger partial charge in [-0.2, -0.15) is 0 Å². The van der Waals surface area contributed by atoms with E-state index in [-0.39, 0.29) is 11.7 Å². The zero-order valence-electron chi connectivity index (χ0n) is 9.90. The Morgan fingerprint density at radius 2 is 2.12 bits per heavy atom. The minimum absolute atomic E-state index is 0.0991. The van der Waals surface area contributed by atoms with Gasteiger partial charge in [0.05, 0.1) is 12.2 Å². The molecule has 0 aromatic heterocycles. The molecule has 1 unspecified atom stereocenters. The van der Waals surface area contributed by atoms with Crippen molar-refractivity contribution in [3.63, 3.8) is 0 Å². The number of benzene rings is 1. The summed E-state index contributed by atoms with van der Waals surface area (Å²) in [6.07, 6.45) is 0.473. The average molecular weight is 221 g/mol. The standard InChI is InChI=1S/C13H19NO2/c1-3-16-13-7-5-4-6-11(13)12(15)8-10(2)9-14/h4-7,10H,3,8-9,14H2,1-2H3. The van der Waals surface area contributed by atoms with Gasteiger partial charge in [0.25, 0.3) is 0 Å². The summed E-state index contributed by atoms with van der Waals surface area (Å²) in [5.74, 6) is 0.975. The van der Waals surface area contributed by atoms with Crippen molar-refractivity contribution in [1.29, 1.82) is 0 Å². The number of carbonyl (C=O) groups is 1. The van der Waals surface area contributed by atoms with Crippen molar-refractivity contribution in [1.82, 2.24) is 0 Å². The Morgan fingerprint density at radius 3 is 2.75 bits per heavy atom. The summed E-state index contributed by atoms with van der Waals surface area (Å²) in [7, 11) is 0. The lowest BCUT2D eigenvalue weighted by Crippen LogP contribution is -2.15. The van der Waals surface area contributed by atoms with Gasteiger partial charge in [0.1, 0.15) is 5.75 Å². The first-order valence-electron chi connectivity index (χ1n) is 5.64. The number of hydrogen-bond donors (Lipinski definition) is 1. The van der Waals surface area contributed by atoms with Gasteiger partial charge >= 0.3 is 0 Å². The van der Waals surface area contributed by atoms with Crippen LogP contribution in [0.3, 0.4) is 0 Å². The molecule has 88 valence electrons. The highest BCUT2D eigenvalue weighted by atomic mass is 16.5. The molecule has 0 fully saturated rings. The van der Waals surface area contributed by atoms with Gasteiger partial charge in [0.15, 0.2) is 5.78 Å². The molecule has 1 aromatic carbocycles. The lowest BCUT2D eigenvalue weighted by atomic mass is 9.99. The molecule has 0 amide bonds. The van der Waals surface area contributed by atoms with Crippen LogP contribution in [0.2, 0.25) is 0 Å². The lowest BCUT2D eigenvalue weighted by Gasteiger charge is -2.11. The van der Waals surface area contributed by atoms with E-state index < -0.39 is 0 Å². The second-order valence-corrected chi connectivity index (χ2v) is 3.90. The van der Waals surface area contributed by atoms with E-state index in [0.717, 1.165) is 0 Å². The first-order chi connectivity index (χ1) is 7.69. The highest BCUT2D eigenvalue weighted by Crippen LogP contribution is 2.21. The Kier molecular flexibility index (Phi) is 4.99. The summed E-state index contributed by atoms with van der Waals surface area (Å²) < 4.78 is 5.42. The van der Waals surface area contributed by atoms with Crippen molar-refractivity contribution < 1.29 is 9.53 Å². The van der Waals surface area contributed by atoms with Crippen LogP contribution in [0.25, 0.3) is 0 Å². The van der Waals surface area contributed by atoms with Gasteiger partial charge in [-0.15, -0.1) is 0 Å². The predicted octanol–water partition coefficient (Wildman–Crippen LogP) is 2.25. The number of rotatable bonds is 6. The molecule has 0 saturated carbocycles. The van der Waals surface area contributed by atoms with Crippen LogP contribution in [0.15, 0.2) is 24.3 Å². The number of ketones is 1. The molecule has 0 heterocycles. The van der Waals surface area contributed by atoms with Crippen LogP contribution >= 0.6 is 0 Å². The molecule has 0 spiro atoms. The maximum Gasteiger partial charge on any atom is 0.166 e. The third-order valence-corrected chi connectivity index (χ3v) is 2.42. The smallest absolute Gasteiger partial charge is 0.166 e. The summed E-state index contributed by atoms with van der Waals surface area (Å²) in [6, 6.07) is 7.34. The molecule has 3 heteroatoms. The molecule has 0 saturated heterocycles.